The lowest BCUT2D eigenvalue weighted by Crippen LogP contribution is -1.98. The van der Waals surface area contributed by atoms with Crippen molar-refractivity contribution in [2.24, 2.45) is 0 Å². The lowest BCUT2D eigenvalue weighted by atomic mass is 9.92. The van der Waals surface area contributed by atoms with E-state index in [0.29, 0.717) is 23.5 Å². The third kappa shape index (κ3) is 5.19. The van der Waals surface area contributed by atoms with Crippen LogP contribution in [0.15, 0.2) is 84.9 Å². The molecule has 0 aliphatic carbocycles. The zero-order valence-corrected chi connectivity index (χ0v) is 18.9. The van der Waals surface area contributed by atoms with Crippen LogP contribution in [-0.2, 0) is 12.8 Å². The minimum atomic E-state index is -0.700. The number of halogens is 3. The Balaban J connectivity index is 1.56. The van der Waals surface area contributed by atoms with Crippen molar-refractivity contribution in [2.75, 3.05) is 0 Å². The van der Waals surface area contributed by atoms with Gasteiger partial charge in [0.15, 0.2) is 0 Å². The third-order valence-corrected chi connectivity index (χ3v) is 6.10. The fourth-order valence-electron chi connectivity index (χ4n) is 4.28. The number of benzene rings is 4. The van der Waals surface area contributed by atoms with E-state index in [1.165, 1.54) is 23.8 Å². The van der Waals surface area contributed by atoms with Crippen molar-refractivity contribution < 1.29 is 13.2 Å². The Hall–Kier alpha value is -3.33. The van der Waals surface area contributed by atoms with Gasteiger partial charge in [-0.05, 0) is 70.3 Å². The molecule has 4 aromatic carbocycles. The van der Waals surface area contributed by atoms with E-state index in [4.69, 9.17) is 0 Å². The fourth-order valence-corrected chi connectivity index (χ4v) is 4.28. The number of aryl methyl sites for hydroxylation is 1. The lowest BCUT2D eigenvalue weighted by Gasteiger charge is -2.13. The zero-order valence-electron chi connectivity index (χ0n) is 18.9. The smallest absolute Gasteiger partial charge is 0.134 e. The van der Waals surface area contributed by atoms with Crippen molar-refractivity contribution in [1.82, 2.24) is 0 Å². The molecule has 0 N–H and O–H groups in total. The largest absolute Gasteiger partial charge is 0.207 e. The highest BCUT2D eigenvalue weighted by Gasteiger charge is 2.16. The van der Waals surface area contributed by atoms with Gasteiger partial charge in [-0.2, -0.15) is 0 Å². The summed E-state index contributed by atoms with van der Waals surface area (Å²) < 4.78 is 44.2. The molecule has 4 aromatic rings. The van der Waals surface area contributed by atoms with Crippen molar-refractivity contribution >= 4 is 0 Å². The molecule has 0 fully saturated rings. The van der Waals surface area contributed by atoms with Gasteiger partial charge in [-0.25, -0.2) is 13.2 Å². The molecule has 4 rings (SSSR count). The lowest BCUT2D eigenvalue weighted by molar-refractivity contribution is 0.588. The van der Waals surface area contributed by atoms with E-state index in [-0.39, 0.29) is 11.1 Å². The first-order valence-corrected chi connectivity index (χ1v) is 11.4. The number of hydrogen-bond donors (Lipinski definition) is 0. The van der Waals surface area contributed by atoms with Crippen LogP contribution in [0.5, 0.6) is 0 Å². The van der Waals surface area contributed by atoms with Gasteiger partial charge in [0.1, 0.15) is 17.5 Å². The molecule has 0 radical (unpaired) electrons. The quantitative estimate of drug-likeness (QED) is 0.267. The maximum atomic E-state index is 14.9. The van der Waals surface area contributed by atoms with E-state index < -0.39 is 17.5 Å². The molecule has 3 heteroatoms. The minimum Gasteiger partial charge on any atom is -0.207 e. The normalized spacial score (nSPS) is 12.0. The Bertz CT molecular complexity index is 1200. The SMILES string of the molecule is CCCc1ccc(-c2c(F)cc(-c3ccc(C[C@H](C)c4ccccc4)cc3)cc2F)cc1F. The molecule has 0 saturated heterocycles. The Morgan fingerprint density at radius 3 is 1.88 bits per heavy atom. The second-order valence-electron chi connectivity index (χ2n) is 8.58. The molecule has 33 heavy (non-hydrogen) atoms. The van der Waals surface area contributed by atoms with Crippen LogP contribution in [0.3, 0.4) is 0 Å². The molecule has 0 heterocycles. The van der Waals surface area contributed by atoms with Gasteiger partial charge in [0, 0.05) is 0 Å². The molecule has 0 spiro atoms. The van der Waals surface area contributed by atoms with Crippen LogP contribution < -0.4 is 0 Å². The van der Waals surface area contributed by atoms with E-state index in [9.17, 15) is 13.2 Å². The molecule has 0 unspecified atom stereocenters. The Labute approximate surface area is 193 Å². The first kappa shape index (κ1) is 22.8. The highest BCUT2D eigenvalue weighted by Crippen LogP contribution is 2.32. The zero-order chi connectivity index (χ0) is 23.4. The van der Waals surface area contributed by atoms with Crippen LogP contribution in [-0.4, -0.2) is 0 Å². The standard InChI is InChI=1S/C30H27F3/c1-3-7-24-14-15-25(17-27(24)31)30-28(32)18-26(19-29(30)33)23-12-10-21(11-13-23)16-20(2)22-8-5-4-6-9-22/h4-6,8-15,17-20H,3,7,16H2,1-2H3/t20-/m0/s1. The fraction of sp³-hybridized carbons (Fsp3) is 0.200. The van der Waals surface area contributed by atoms with Crippen molar-refractivity contribution in [3.63, 3.8) is 0 Å². The predicted octanol–water partition coefficient (Wildman–Crippen LogP) is 8.74. The van der Waals surface area contributed by atoms with Crippen LogP contribution in [0.2, 0.25) is 0 Å². The summed E-state index contributed by atoms with van der Waals surface area (Å²) in [6.45, 7) is 4.15. The summed E-state index contributed by atoms with van der Waals surface area (Å²) in [6.07, 6.45) is 2.28. The molecule has 0 bridgehead atoms. The summed E-state index contributed by atoms with van der Waals surface area (Å²) in [5, 5.41) is 0. The van der Waals surface area contributed by atoms with Crippen LogP contribution >= 0.6 is 0 Å². The third-order valence-electron chi connectivity index (χ3n) is 6.10. The van der Waals surface area contributed by atoms with Gasteiger partial charge >= 0.3 is 0 Å². The van der Waals surface area contributed by atoms with E-state index in [1.807, 2.05) is 49.4 Å². The van der Waals surface area contributed by atoms with Crippen molar-refractivity contribution in [3.8, 4) is 22.3 Å². The molecular formula is C30H27F3. The summed E-state index contributed by atoms with van der Waals surface area (Å²) in [6, 6.07) is 25.1. The minimum absolute atomic E-state index is 0.200. The Morgan fingerprint density at radius 1 is 0.667 bits per heavy atom. The summed E-state index contributed by atoms with van der Waals surface area (Å²) in [4.78, 5) is 0. The summed E-state index contributed by atoms with van der Waals surface area (Å²) in [5.74, 6) is -1.46. The molecule has 168 valence electrons. The highest BCUT2D eigenvalue weighted by atomic mass is 19.1. The second-order valence-corrected chi connectivity index (χ2v) is 8.58. The maximum Gasteiger partial charge on any atom is 0.134 e. The molecule has 0 amide bonds. The highest BCUT2D eigenvalue weighted by molar-refractivity contribution is 5.72. The predicted molar refractivity (Wildman–Crippen MR) is 130 cm³/mol. The maximum absolute atomic E-state index is 14.9. The molecule has 0 aliphatic heterocycles. The molecule has 0 aromatic heterocycles. The summed E-state index contributed by atoms with van der Waals surface area (Å²) in [7, 11) is 0. The van der Waals surface area contributed by atoms with Gasteiger partial charge in [-0.15, -0.1) is 0 Å². The molecule has 0 aliphatic rings. The van der Waals surface area contributed by atoms with Gasteiger partial charge in [0.2, 0.25) is 0 Å². The molecule has 0 saturated carbocycles. The van der Waals surface area contributed by atoms with E-state index in [1.54, 1.807) is 12.1 Å². The summed E-state index contributed by atoms with van der Waals surface area (Å²) >= 11 is 0. The average molecular weight is 445 g/mol. The van der Waals surface area contributed by atoms with Gasteiger partial charge in [0.25, 0.3) is 0 Å². The van der Waals surface area contributed by atoms with E-state index in [0.717, 1.165) is 24.0 Å². The van der Waals surface area contributed by atoms with Gasteiger partial charge in [-0.3, -0.25) is 0 Å². The number of rotatable bonds is 7. The van der Waals surface area contributed by atoms with Crippen molar-refractivity contribution in [3.05, 3.63) is 119 Å². The van der Waals surface area contributed by atoms with Crippen molar-refractivity contribution in [1.29, 1.82) is 0 Å². The van der Waals surface area contributed by atoms with Crippen LogP contribution in [0.1, 0.15) is 42.9 Å². The number of hydrogen-bond acceptors (Lipinski definition) is 0. The van der Waals surface area contributed by atoms with Gasteiger partial charge in [0.05, 0.1) is 5.56 Å². The van der Waals surface area contributed by atoms with Gasteiger partial charge < -0.3 is 0 Å². The average Bonchev–Trinajstić information content (AvgIpc) is 2.81. The first-order chi connectivity index (χ1) is 16.0. The topological polar surface area (TPSA) is 0 Å². The molecular weight excluding hydrogens is 417 g/mol. The van der Waals surface area contributed by atoms with Crippen molar-refractivity contribution in [2.45, 2.75) is 39.0 Å². The Morgan fingerprint density at radius 2 is 1.27 bits per heavy atom. The van der Waals surface area contributed by atoms with Crippen LogP contribution in [0, 0.1) is 17.5 Å². The van der Waals surface area contributed by atoms with Crippen LogP contribution in [0.25, 0.3) is 22.3 Å². The second kappa shape index (κ2) is 10.1. The van der Waals surface area contributed by atoms with E-state index in [2.05, 4.69) is 19.1 Å². The van der Waals surface area contributed by atoms with Gasteiger partial charge in [-0.1, -0.05) is 87.0 Å². The molecule has 1 atom stereocenters. The summed E-state index contributed by atoms with van der Waals surface area (Å²) in [5.41, 5.74) is 4.20. The van der Waals surface area contributed by atoms with Crippen LogP contribution in [0.4, 0.5) is 13.2 Å². The van der Waals surface area contributed by atoms with E-state index >= 15 is 0 Å². The first-order valence-electron chi connectivity index (χ1n) is 11.4. The Kier molecular flexibility index (Phi) is 6.98. The monoisotopic (exact) mass is 444 g/mol. The molecule has 0 nitrogen and oxygen atoms in total.